The first-order valence-electron chi connectivity index (χ1n) is 9.87. The predicted molar refractivity (Wildman–Crippen MR) is 125 cm³/mol. The van der Waals surface area contributed by atoms with Gasteiger partial charge in [0.25, 0.3) is 0 Å². The molecule has 0 aromatic heterocycles. The highest BCUT2D eigenvalue weighted by atomic mass is 32.1. The van der Waals surface area contributed by atoms with E-state index in [0.717, 1.165) is 21.1 Å². The molecule has 0 saturated carbocycles. The lowest BCUT2D eigenvalue weighted by Crippen LogP contribution is -2.31. The van der Waals surface area contributed by atoms with Crippen molar-refractivity contribution in [1.29, 1.82) is 0 Å². The molecule has 0 bridgehead atoms. The van der Waals surface area contributed by atoms with Gasteiger partial charge in [-0.1, -0.05) is 96.3 Å². The van der Waals surface area contributed by atoms with Crippen molar-refractivity contribution >= 4 is 34.4 Å². The van der Waals surface area contributed by atoms with E-state index >= 15 is 0 Å². The van der Waals surface area contributed by atoms with Gasteiger partial charge in [0.05, 0.1) is 12.1 Å². The van der Waals surface area contributed by atoms with E-state index in [1.807, 2.05) is 0 Å². The normalized spacial score (nSPS) is 21.2. The quantitative estimate of drug-likeness (QED) is 0.598. The second-order valence-electron chi connectivity index (χ2n) is 10.0. The molecule has 0 amide bonds. The highest BCUT2D eigenvalue weighted by Gasteiger charge is 2.39. The van der Waals surface area contributed by atoms with Gasteiger partial charge in [0.2, 0.25) is 0 Å². The summed E-state index contributed by atoms with van der Waals surface area (Å²) >= 11 is 11.4. The summed E-state index contributed by atoms with van der Waals surface area (Å²) in [6.45, 7) is 13.4. The summed E-state index contributed by atoms with van der Waals surface area (Å²) in [5.74, 6) is 0. The molecule has 4 heteroatoms. The molecule has 2 atom stereocenters. The first-order chi connectivity index (χ1) is 13.0. The summed E-state index contributed by atoms with van der Waals surface area (Å²) in [6.07, 6.45) is 0. The number of thiocarbonyl (C=S) groups is 2. The number of hydrogen-bond acceptors (Lipinski definition) is 2. The maximum atomic E-state index is 5.71. The molecule has 2 aromatic rings. The zero-order valence-electron chi connectivity index (χ0n) is 17.4. The summed E-state index contributed by atoms with van der Waals surface area (Å²) in [4.78, 5) is 1.66. The summed E-state index contributed by atoms with van der Waals surface area (Å²) in [5, 5.41) is 7.12. The van der Waals surface area contributed by atoms with E-state index in [1.54, 1.807) is 0 Å². The third-order valence-electron chi connectivity index (χ3n) is 5.90. The molecule has 2 unspecified atom stereocenters. The van der Waals surface area contributed by atoms with Crippen LogP contribution < -0.4 is 10.6 Å². The molecule has 2 aliphatic heterocycles. The van der Waals surface area contributed by atoms with Crippen LogP contribution in [0.25, 0.3) is 0 Å². The predicted octanol–water partition coefficient (Wildman–Crippen LogP) is 5.62. The van der Waals surface area contributed by atoms with Crippen LogP contribution in [0.2, 0.25) is 0 Å². The molecule has 0 aliphatic carbocycles. The first-order valence-corrected chi connectivity index (χ1v) is 10.7. The summed E-state index contributed by atoms with van der Waals surface area (Å²) < 4.78 is 0. The second-order valence-corrected chi connectivity index (χ2v) is 10.8. The molecule has 2 nitrogen and oxygen atoms in total. The zero-order chi connectivity index (χ0) is 20.4. The van der Waals surface area contributed by atoms with Gasteiger partial charge in [-0.25, -0.2) is 0 Å². The van der Waals surface area contributed by atoms with Gasteiger partial charge in [-0.2, -0.15) is 0 Å². The molecule has 0 saturated heterocycles. The zero-order valence-corrected chi connectivity index (χ0v) is 19.1. The molecule has 0 radical (unpaired) electrons. The molecule has 2 heterocycles. The van der Waals surface area contributed by atoms with Crippen molar-refractivity contribution in [1.82, 2.24) is 10.6 Å². The molecule has 146 valence electrons. The fraction of sp³-hybridized carbons (Fsp3) is 0.417. The lowest BCUT2D eigenvalue weighted by molar-refractivity contribution is 0.509. The van der Waals surface area contributed by atoms with Crippen LogP contribution >= 0.6 is 24.4 Å². The van der Waals surface area contributed by atoms with Gasteiger partial charge >= 0.3 is 0 Å². The van der Waals surface area contributed by atoms with E-state index in [4.69, 9.17) is 24.4 Å². The van der Waals surface area contributed by atoms with E-state index in [9.17, 15) is 0 Å². The van der Waals surface area contributed by atoms with Gasteiger partial charge in [-0.05, 0) is 39.2 Å². The topological polar surface area (TPSA) is 24.1 Å². The van der Waals surface area contributed by atoms with E-state index in [0.29, 0.717) is 0 Å². The van der Waals surface area contributed by atoms with Gasteiger partial charge in [-0.3, -0.25) is 0 Å². The van der Waals surface area contributed by atoms with Gasteiger partial charge in [0.15, 0.2) is 0 Å². The monoisotopic (exact) mass is 408 g/mol. The minimum atomic E-state index is 0.0875. The SMILES string of the molecule is CC(C)(C)c1ccc2c(c1)C(=S)NC2C1NC(=S)c2ccc(C(C)(C)C)cc21. The third kappa shape index (κ3) is 3.17. The van der Waals surface area contributed by atoms with Gasteiger partial charge in [-0.15, -0.1) is 0 Å². The molecule has 0 spiro atoms. The van der Waals surface area contributed by atoms with E-state index in [-0.39, 0.29) is 22.9 Å². The largest absolute Gasteiger partial charge is 0.367 e. The van der Waals surface area contributed by atoms with Crippen LogP contribution in [-0.2, 0) is 10.8 Å². The molecule has 0 fully saturated rings. The molecule has 2 N–H and O–H groups in total. The Balaban J connectivity index is 1.78. The Labute approximate surface area is 179 Å². The number of fused-ring (bicyclic) bond motifs is 2. The first kappa shape index (κ1) is 19.5. The second kappa shape index (κ2) is 6.36. The van der Waals surface area contributed by atoms with Crippen LogP contribution in [0.1, 0.15) is 87.0 Å². The Hall–Kier alpha value is -1.78. The number of rotatable bonds is 1. The standard InChI is InChI=1S/C24H28N2S2/c1-23(2,3)13-8-10-16-17(11-13)20(26-21(16)27)19-15-9-7-14(24(4,5)6)12-18(15)22(28)25-19/h7-12,19-20H,1-6H3,(H,25,28)(H,26,27). The third-order valence-corrected chi connectivity index (χ3v) is 6.58. The molecule has 28 heavy (non-hydrogen) atoms. The van der Waals surface area contributed by atoms with Crippen molar-refractivity contribution in [3.05, 3.63) is 69.8 Å². The number of hydrogen-bond donors (Lipinski definition) is 2. The lowest BCUT2D eigenvalue weighted by atomic mass is 9.82. The number of nitrogens with one attached hydrogen (secondary N) is 2. The fourth-order valence-corrected chi connectivity index (χ4v) is 4.72. The summed E-state index contributed by atoms with van der Waals surface area (Å²) in [7, 11) is 0. The van der Waals surface area contributed by atoms with Crippen molar-refractivity contribution in [2.75, 3.05) is 0 Å². The maximum Gasteiger partial charge on any atom is 0.107 e. The Morgan fingerprint density at radius 1 is 0.643 bits per heavy atom. The fourth-order valence-electron chi connectivity index (χ4n) is 4.10. The van der Waals surface area contributed by atoms with Crippen molar-refractivity contribution in [3.8, 4) is 0 Å². The Bertz CT molecular complexity index is 993. The molecular formula is C24H28N2S2. The Kier molecular flexibility index (Phi) is 4.44. The van der Waals surface area contributed by atoms with Crippen LogP contribution in [0.15, 0.2) is 36.4 Å². The molecular weight excluding hydrogens is 380 g/mol. The van der Waals surface area contributed by atoms with Crippen LogP contribution in [0, 0.1) is 0 Å². The minimum absolute atomic E-state index is 0.0875. The van der Waals surface area contributed by atoms with Crippen molar-refractivity contribution in [3.63, 3.8) is 0 Å². The highest BCUT2D eigenvalue weighted by Crippen LogP contribution is 2.42. The van der Waals surface area contributed by atoms with Crippen LogP contribution in [0.5, 0.6) is 0 Å². The van der Waals surface area contributed by atoms with E-state index in [2.05, 4.69) is 88.6 Å². The molecule has 2 aliphatic rings. The summed E-state index contributed by atoms with van der Waals surface area (Å²) in [6, 6.07) is 13.6. The molecule has 4 rings (SSSR count). The van der Waals surface area contributed by atoms with E-state index < -0.39 is 0 Å². The van der Waals surface area contributed by atoms with Crippen LogP contribution in [-0.4, -0.2) is 9.98 Å². The number of benzene rings is 2. The van der Waals surface area contributed by atoms with Gasteiger partial charge in [0.1, 0.15) is 9.98 Å². The Morgan fingerprint density at radius 3 is 1.75 bits per heavy atom. The van der Waals surface area contributed by atoms with Crippen LogP contribution in [0.4, 0.5) is 0 Å². The average molecular weight is 409 g/mol. The lowest BCUT2D eigenvalue weighted by Gasteiger charge is -2.25. The van der Waals surface area contributed by atoms with Crippen molar-refractivity contribution in [2.45, 2.75) is 64.5 Å². The minimum Gasteiger partial charge on any atom is -0.367 e. The highest BCUT2D eigenvalue weighted by molar-refractivity contribution is 7.81. The average Bonchev–Trinajstić information content (AvgIpc) is 3.10. The van der Waals surface area contributed by atoms with Crippen molar-refractivity contribution in [2.24, 2.45) is 0 Å². The van der Waals surface area contributed by atoms with Crippen LogP contribution in [0.3, 0.4) is 0 Å². The maximum absolute atomic E-state index is 5.71. The van der Waals surface area contributed by atoms with Gasteiger partial charge < -0.3 is 10.6 Å². The smallest absolute Gasteiger partial charge is 0.107 e. The van der Waals surface area contributed by atoms with E-state index in [1.165, 1.54) is 22.3 Å². The molecule has 2 aromatic carbocycles. The van der Waals surface area contributed by atoms with Gasteiger partial charge in [0, 0.05) is 11.1 Å². The Morgan fingerprint density at radius 2 is 1.14 bits per heavy atom. The summed E-state index contributed by atoms with van der Waals surface area (Å²) in [5.41, 5.74) is 7.65. The van der Waals surface area contributed by atoms with Crippen molar-refractivity contribution < 1.29 is 0 Å².